The lowest BCUT2D eigenvalue weighted by molar-refractivity contribution is -0.149. The number of hydrogen-bond donors (Lipinski definition) is 1. The number of ether oxygens (including phenoxy) is 1. The molecule has 0 bridgehead atoms. The molecule has 0 radical (unpaired) electrons. The van der Waals surface area contributed by atoms with Crippen molar-refractivity contribution < 1.29 is 14.3 Å². The summed E-state index contributed by atoms with van der Waals surface area (Å²) >= 11 is 2.68. The van der Waals surface area contributed by atoms with Gasteiger partial charge in [-0.05, 0) is 38.3 Å². The van der Waals surface area contributed by atoms with Gasteiger partial charge in [0.1, 0.15) is 0 Å². The highest BCUT2D eigenvalue weighted by molar-refractivity contribution is 8.02. The summed E-state index contributed by atoms with van der Waals surface area (Å²) in [5, 5.41) is 3.81. The van der Waals surface area contributed by atoms with E-state index in [4.69, 9.17) is 9.72 Å². The number of esters is 1. The summed E-state index contributed by atoms with van der Waals surface area (Å²) < 4.78 is 3.95. The Balaban J connectivity index is 1.71. The molecule has 0 spiro atoms. The van der Waals surface area contributed by atoms with E-state index in [1.165, 1.54) is 29.5 Å². The number of amides is 1. The minimum absolute atomic E-state index is 0.189. The predicted octanol–water partition coefficient (Wildman–Crippen LogP) is 5.30. The fourth-order valence-corrected chi connectivity index (χ4v) is 6.89. The van der Waals surface area contributed by atoms with Crippen LogP contribution in [-0.4, -0.2) is 36.6 Å². The lowest BCUT2D eigenvalue weighted by Gasteiger charge is -2.33. The molecule has 2 aliphatic rings. The fourth-order valence-electron chi connectivity index (χ4n) is 4.25. The van der Waals surface area contributed by atoms with Crippen LogP contribution in [0.3, 0.4) is 0 Å². The third-order valence-corrected chi connectivity index (χ3v) is 8.69. The zero-order valence-electron chi connectivity index (χ0n) is 18.4. The van der Waals surface area contributed by atoms with Crippen molar-refractivity contribution >= 4 is 45.8 Å². The Labute approximate surface area is 201 Å². The predicted molar refractivity (Wildman–Crippen MR) is 133 cm³/mol. The number of hydrogen-bond acceptors (Lipinski definition) is 7. The smallest absolute Gasteiger partial charge is 0.337 e. The molecule has 1 atom stereocenters. The zero-order chi connectivity index (χ0) is 22.8. The van der Waals surface area contributed by atoms with Gasteiger partial charge in [-0.25, -0.2) is 9.78 Å². The molecule has 1 amide bonds. The fraction of sp³-hybridized carbons (Fsp3) is 0.320. The molecule has 1 fully saturated rings. The van der Waals surface area contributed by atoms with Gasteiger partial charge in [-0.1, -0.05) is 65.6 Å². The van der Waals surface area contributed by atoms with Crippen molar-refractivity contribution in [1.29, 1.82) is 0 Å². The molecule has 3 aromatic rings. The molecule has 1 aromatic heterocycles. The molecule has 0 saturated carbocycles. The van der Waals surface area contributed by atoms with Crippen LogP contribution in [-0.2, 0) is 19.1 Å². The lowest BCUT2D eigenvalue weighted by atomic mass is 9.99. The van der Waals surface area contributed by atoms with E-state index >= 15 is 0 Å². The van der Waals surface area contributed by atoms with E-state index in [0.29, 0.717) is 16.3 Å². The first kappa shape index (κ1) is 22.0. The number of rotatable bonds is 5. The van der Waals surface area contributed by atoms with Gasteiger partial charge < -0.3 is 15.0 Å². The summed E-state index contributed by atoms with van der Waals surface area (Å²) in [6, 6.07) is 17.3. The van der Waals surface area contributed by atoms with Gasteiger partial charge in [-0.15, -0.1) is 0 Å². The molecule has 2 aliphatic heterocycles. The molecule has 0 unspecified atom stereocenters. The number of para-hydroxylation sites is 1. The Hall–Kier alpha value is -2.84. The number of anilines is 2. The average molecular weight is 480 g/mol. The maximum atomic E-state index is 13.7. The number of thioether (sulfide) groups is 1. The largest absolute Gasteiger partial charge is 0.464 e. The van der Waals surface area contributed by atoms with Gasteiger partial charge in [0.05, 0.1) is 22.9 Å². The number of carbonyl (C=O) groups excluding carboxylic acids is 2. The van der Waals surface area contributed by atoms with Crippen LogP contribution in [0.2, 0.25) is 0 Å². The topological polar surface area (TPSA) is 71.5 Å². The average Bonchev–Trinajstić information content (AvgIpc) is 3.31. The maximum Gasteiger partial charge on any atom is 0.337 e. The molecule has 1 saturated heterocycles. The molecule has 33 heavy (non-hydrogen) atoms. The second-order valence-electron chi connectivity index (χ2n) is 8.04. The number of carbonyl (C=O) groups is 2. The first-order valence-corrected chi connectivity index (χ1v) is 12.8. The number of piperidine rings is 1. The van der Waals surface area contributed by atoms with E-state index in [0.717, 1.165) is 41.5 Å². The summed E-state index contributed by atoms with van der Waals surface area (Å²) in [6.07, 6.45) is 3.44. The second-order valence-corrected chi connectivity index (χ2v) is 10.3. The van der Waals surface area contributed by atoms with Crippen LogP contribution in [0.15, 0.2) is 59.5 Å². The van der Waals surface area contributed by atoms with Crippen LogP contribution >= 0.6 is 23.1 Å². The molecule has 3 heterocycles. The van der Waals surface area contributed by atoms with Gasteiger partial charge in [0.25, 0.3) is 5.91 Å². The number of nitrogens with one attached hydrogen (secondary N) is 1. The highest BCUT2D eigenvalue weighted by Gasteiger charge is 2.56. The van der Waals surface area contributed by atoms with Crippen LogP contribution in [0.5, 0.6) is 0 Å². The molecular weight excluding hydrogens is 454 g/mol. The lowest BCUT2D eigenvalue weighted by Crippen LogP contribution is -2.47. The molecule has 170 valence electrons. The van der Waals surface area contributed by atoms with E-state index in [-0.39, 0.29) is 6.61 Å². The Morgan fingerprint density at radius 3 is 2.58 bits per heavy atom. The zero-order valence-corrected chi connectivity index (χ0v) is 20.0. The normalized spacial score (nSPS) is 20.2. The molecule has 5 rings (SSSR count). The van der Waals surface area contributed by atoms with Crippen LogP contribution in [0.1, 0.15) is 31.1 Å². The highest BCUT2D eigenvalue weighted by atomic mass is 32.2. The van der Waals surface area contributed by atoms with E-state index in [2.05, 4.69) is 10.2 Å². The quantitative estimate of drug-likeness (QED) is 0.395. The van der Waals surface area contributed by atoms with Gasteiger partial charge in [0.15, 0.2) is 5.13 Å². The minimum Gasteiger partial charge on any atom is -0.464 e. The monoisotopic (exact) mass is 479 g/mol. The highest BCUT2D eigenvalue weighted by Crippen LogP contribution is 2.54. The molecule has 1 N–H and O–H groups in total. The number of aromatic nitrogens is 1. The third kappa shape index (κ3) is 3.91. The van der Waals surface area contributed by atoms with Crippen LogP contribution < -0.4 is 10.2 Å². The Morgan fingerprint density at radius 2 is 1.82 bits per heavy atom. The summed E-state index contributed by atoms with van der Waals surface area (Å²) in [4.78, 5) is 36.0. The molecule has 6 nitrogen and oxygen atoms in total. The number of thiazole rings is 1. The van der Waals surface area contributed by atoms with E-state index in [1.807, 2.05) is 54.6 Å². The molecule has 8 heteroatoms. The van der Waals surface area contributed by atoms with Gasteiger partial charge >= 0.3 is 5.97 Å². The maximum absolute atomic E-state index is 13.7. The Morgan fingerprint density at radius 1 is 1.09 bits per heavy atom. The summed E-state index contributed by atoms with van der Waals surface area (Å²) in [5.41, 5.74) is 2.24. The SMILES string of the molecule is CCOC(=O)[C@]1(c2sc(N3CCCCC3)nc2-c2ccccc2)Sc2ccccc2NC1=O. The molecule has 2 aromatic carbocycles. The van der Waals surface area contributed by atoms with Gasteiger partial charge in [-0.2, -0.15) is 0 Å². The Bertz CT molecular complexity index is 1170. The van der Waals surface area contributed by atoms with Crippen LogP contribution in [0.25, 0.3) is 11.3 Å². The van der Waals surface area contributed by atoms with Crippen LogP contribution in [0, 0.1) is 0 Å². The van der Waals surface area contributed by atoms with Crippen molar-refractivity contribution in [2.45, 2.75) is 35.8 Å². The van der Waals surface area contributed by atoms with E-state index < -0.39 is 16.6 Å². The molecule has 0 aliphatic carbocycles. The summed E-state index contributed by atoms with van der Waals surface area (Å²) in [5.74, 6) is -0.955. The minimum atomic E-state index is -1.57. The van der Waals surface area contributed by atoms with Gasteiger partial charge in [-0.3, -0.25) is 4.79 Å². The third-order valence-electron chi connectivity index (χ3n) is 5.89. The summed E-state index contributed by atoms with van der Waals surface area (Å²) in [7, 11) is 0. The van der Waals surface area contributed by atoms with E-state index in [1.54, 1.807) is 6.92 Å². The van der Waals surface area contributed by atoms with Crippen LogP contribution in [0.4, 0.5) is 10.8 Å². The van der Waals surface area contributed by atoms with E-state index in [9.17, 15) is 9.59 Å². The number of benzene rings is 2. The number of nitrogens with zero attached hydrogens (tertiary/aromatic N) is 2. The standard InChI is InChI=1S/C25H25N3O3S2/c1-2-31-23(30)25(22(29)26-18-13-7-8-14-19(18)33-25)21-20(17-11-5-3-6-12-17)27-24(32-21)28-15-9-4-10-16-28/h3,5-8,11-14H,2,4,9-10,15-16H2,1H3,(H,26,29)/t25-/m1/s1. The van der Waals surface area contributed by atoms with Crippen molar-refractivity contribution in [3.05, 3.63) is 59.5 Å². The second kappa shape index (κ2) is 9.19. The summed E-state index contributed by atoms with van der Waals surface area (Å²) in [6.45, 7) is 3.80. The number of fused-ring (bicyclic) bond motifs is 1. The van der Waals surface area contributed by atoms with Crippen molar-refractivity contribution in [2.75, 3.05) is 29.9 Å². The Kier molecular flexibility index (Phi) is 6.12. The van der Waals surface area contributed by atoms with Gasteiger partial charge in [0, 0.05) is 23.5 Å². The van der Waals surface area contributed by atoms with Gasteiger partial charge in [0.2, 0.25) is 4.75 Å². The molecular formula is C25H25N3O3S2. The van der Waals surface area contributed by atoms with Crippen molar-refractivity contribution in [1.82, 2.24) is 4.98 Å². The first-order chi connectivity index (χ1) is 16.1. The van der Waals surface area contributed by atoms with Crippen molar-refractivity contribution in [2.24, 2.45) is 0 Å². The van der Waals surface area contributed by atoms with Crippen molar-refractivity contribution in [3.8, 4) is 11.3 Å². The van der Waals surface area contributed by atoms with Crippen molar-refractivity contribution in [3.63, 3.8) is 0 Å². The first-order valence-electron chi connectivity index (χ1n) is 11.2.